The van der Waals surface area contributed by atoms with Gasteiger partial charge in [0.25, 0.3) is 0 Å². The molecule has 1 aromatic heterocycles. The summed E-state index contributed by atoms with van der Waals surface area (Å²) >= 11 is 8.01. The summed E-state index contributed by atoms with van der Waals surface area (Å²) in [5.74, 6) is -0.243. The van der Waals surface area contributed by atoms with E-state index in [9.17, 15) is 4.39 Å². The van der Waals surface area contributed by atoms with Crippen molar-refractivity contribution in [1.29, 1.82) is 0 Å². The van der Waals surface area contributed by atoms with Crippen LogP contribution in [0.3, 0.4) is 0 Å². The Hall–Kier alpha value is -1.58. The summed E-state index contributed by atoms with van der Waals surface area (Å²) in [6, 6.07) is 13.0. The summed E-state index contributed by atoms with van der Waals surface area (Å²) in [5, 5.41) is 4.93. The van der Waals surface area contributed by atoms with Gasteiger partial charge in [0.05, 0.1) is 17.3 Å². The first kappa shape index (κ1) is 13.4. The summed E-state index contributed by atoms with van der Waals surface area (Å²) in [4.78, 5) is 1.02. The Morgan fingerprint density at radius 3 is 2.80 bits per heavy atom. The van der Waals surface area contributed by atoms with Crippen LogP contribution in [0.5, 0.6) is 0 Å². The highest BCUT2D eigenvalue weighted by molar-refractivity contribution is 7.19. The van der Waals surface area contributed by atoms with Gasteiger partial charge in [-0.2, -0.15) is 0 Å². The Balaban J connectivity index is 1.87. The zero-order valence-electron chi connectivity index (χ0n) is 10.9. The van der Waals surface area contributed by atoms with Gasteiger partial charge in [0.15, 0.2) is 0 Å². The smallest absolute Gasteiger partial charge is 0.146 e. The standard InChI is InChI=1S/C16H13ClFNS/c1-10-6-7-12(18)13(8-10)19-9-15-16(17)11-4-2-3-5-14(11)20-15/h2-8,19H,9H2,1H3. The van der Waals surface area contributed by atoms with Gasteiger partial charge in [0.2, 0.25) is 0 Å². The van der Waals surface area contributed by atoms with E-state index < -0.39 is 0 Å². The molecule has 1 N–H and O–H groups in total. The van der Waals surface area contributed by atoms with Crippen molar-refractivity contribution in [1.82, 2.24) is 0 Å². The van der Waals surface area contributed by atoms with E-state index in [1.807, 2.05) is 31.2 Å². The predicted molar refractivity (Wildman–Crippen MR) is 85.3 cm³/mol. The lowest BCUT2D eigenvalue weighted by atomic mass is 10.2. The van der Waals surface area contributed by atoms with Crippen LogP contribution < -0.4 is 5.32 Å². The van der Waals surface area contributed by atoms with Crippen molar-refractivity contribution in [2.24, 2.45) is 0 Å². The first-order chi connectivity index (χ1) is 9.65. The van der Waals surface area contributed by atoms with Gasteiger partial charge < -0.3 is 5.32 Å². The minimum atomic E-state index is -0.243. The van der Waals surface area contributed by atoms with Crippen molar-refractivity contribution in [3.8, 4) is 0 Å². The average molecular weight is 306 g/mol. The van der Waals surface area contributed by atoms with E-state index in [1.54, 1.807) is 23.5 Å². The monoisotopic (exact) mass is 305 g/mol. The quantitative estimate of drug-likeness (QED) is 0.662. The van der Waals surface area contributed by atoms with Gasteiger partial charge in [-0.15, -0.1) is 11.3 Å². The van der Waals surface area contributed by atoms with E-state index in [1.165, 1.54) is 6.07 Å². The molecule has 0 aliphatic carbocycles. The van der Waals surface area contributed by atoms with E-state index >= 15 is 0 Å². The molecule has 0 radical (unpaired) electrons. The van der Waals surface area contributed by atoms with Crippen LogP contribution in [0.2, 0.25) is 5.02 Å². The molecule has 0 saturated heterocycles. The molecule has 0 saturated carbocycles. The van der Waals surface area contributed by atoms with Crippen LogP contribution in [0.25, 0.3) is 10.1 Å². The fourth-order valence-corrected chi connectivity index (χ4v) is 3.57. The number of aryl methyl sites for hydroxylation is 1. The maximum Gasteiger partial charge on any atom is 0.146 e. The fourth-order valence-electron chi connectivity index (χ4n) is 2.13. The molecule has 0 spiro atoms. The van der Waals surface area contributed by atoms with Gasteiger partial charge in [-0.05, 0) is 30.7 Å². The van der Waals surface area contributed by atoms with Crippen molar-refractivity contribution >= 4 is 38.7 Å². The van der Waals surface area contributed by atoms with E-state index in [2.05, 4.69) is 5.32 Å². The Morgan fingerprint density at radius 1 is 1.20 bits per heavy atom. The van der Waals surface area contributed by atoms with Gasteiger partial charge in [-0.1, -0.05) is 35.9 Å². The molecule has 1 nitrogen and oxygen atoms in total. The largest absolute Gasteiger partial charge is 0.378 e. The molecule has 1 heterocycles. The van der Waals surface area contributed by atoms with Crippen molar-refractivity contribution < 1.29 is 4.39 Å². The molecule has 0 unspecified atom stereocenters. The third-order valence-electron chi connectivity index (χ3n) is 3.16. The number of halogens is 2. The minimum absolute atomic E-state index is 0.243. The van der Waals surface area contributed by atoms with Crippen LogP contribution in [-0.4, -0.2) is 0 Å². The minimum Gasteiger partial charge on any atom is -0.378 e. The highest BCUT2D eigenvalue weighted by Gasteiger charge is 2.10. The molecule has 4 heteroatoms. The van der Waals surface area contributed by atoms with Crippen molar-refractivity contribution in [2.45, 2.75) is 13.5 Å². The maximum absolute atomic E-state index is 13.7. The first-order valence-corrected chi connectivity index (χ1v) is 7.50. The first-order valence-electron chi connectivity index (χ1n) is 6.31. The number of rotatable bonds is 3. The molecule has 0 aliphatic heterocycles. The summed E-state index contributed by atoms with van der Waals surface area (Å²) < 4.78 is 14.8. The zero-order chi connectivity index (χ0) is 14.1. The zero-order valence-corrected chi connectivity index (χ0v) is 12.5. The lowest BCUT2D eigenvalue weighted by molar-refractivity contribution is 0.630. The van der Waals surface area contributed by atoms with Crippen LogP contribution in [0.4, 0.5) is 10.1 Å². The Morgan fingerprint density at radius 2 is 2.00 bits per heavy atom. The van der Waals surface area contributed by atoms with Crippen LogP contribution in [0.1, 0.15) is 10.4 Å². The molecule has 3 rings (SSSR count). The van der Waals surface area contributed by atoms with Crippen molar-refractivity contribution in [2.75, 3.05) is 5.32 Å². The van der Waals surface area contributed by atoms with Crippen molar-refractivity contribution in [3.05, 3.63) is 63.7 Å². The average Bonchev–Trinajstić information content (AvgIpc) is 2.77. The molecular weight excluding hydrogens is 293 g/mol. The molecule has 0 fully saturated rings. The molecule has 3 aromatic rings. The number of benzene rings is 2. The molecule has 0 bridgehead atoms. The summed E-state index contributed by atoms with van der Waals surface area (Å²) in [7, 11) is 0. The van der Waals surface area contributed by atoms with Gasteiger partial charge in [0.1, 0.15) is 5.82 Å². The molecule has 0 aliphatic rings. The fraction of sp³-hybridized carbons (Fsp3) is 0.125. The number of nitrogens with one attached hydrogen (secondary N) is 1. The number of anilines is 1. The lowest BCUT2D eigenvalue weighted by Gasteiger charge is -2.07. The van der Waals surface area contributed by atoms with E-state index in [-0.39, 0.29) is 5.82 Å². The molecule has 0 atom stereocenters. The number of hydrogen-bond acceptors (Lipinski definition) is 2. The third-order valence-corrected chi connectivity index (χ3v) is 4.88. The third kappa shape index (κ3) is 2.51. The lowest BCUT2D eigenvalue weighted by Crippen LogP contribution is -2.00. The van der Waals surface area contributed by atoms with Gasteiger partial charge in [0, 0.05) is 15.0 Å². The summed E-state index contributed by atoms with van der Waals surface area (Å²) in [6.45, 7) is 2.47. The van der Waals surface area contributed by atoms with Crippen LogP contribution in [-0.2, 0) is 6.54 Å². The molecule has 2 aromatic carbocycles. The Kier molecular flexibility index (Phi) is 3.64. The van der Waals surface area contributed by atoms with E-state index in [0.717, 1.165) is 25.5 Å². The topological polar surface area (TPSA) is 12.0 Å². The van der Waals surface area contributed by atoms with Gasteiger partial charge in [-0.25, -0.2) is 4.39 Å². The summed E-state index contributed by atoms with van der Waals surface area (Å²) in [6.07, 6.45) is 0. The number of thiophene rings is 1. The molecule has 0 amide bonds. The van der Waals surface area contributed by atoms with Gasteiger partial charge >= 0.3 is 0 Å². The van der Waals surface area contributed by atoms with Crippen molar-refractivity contribution in [3.63, 3.8) is 0 Å². The van der Waals surface area contributed by atoms with Crippen LogP contribution >= 0.6 is 22.9 Å². The molecular formula is C16H13ClFNS. The summed E-state index contributed by atoms with van der Waals surface area (Å²) in [5.41, 5.74) is 1.54. The number of hydrogen-bond donors (Lipinski definition) is 1. The normalized spacial score (nSPS) is 10.9. The van der Waals surface area contributed by atoms with E-state index in [4.69, 9.17) is 11.6 Å². The highest BCUT2D eigenvalue weighted by atomic mass is 35.5. The maximum atomic E-state index is 13.7. The number of fused-ring (bicyclic) bond motifs is 1. The Bertz CT molecular complexity index is 766. The van der Waals surface area contributed by atoms with E-state index in [0.29, 0.717) is 12.2 Å². The second-order valence-electron chi connectivity index (χ2n) is 4.67. The van der Waals surface area contributed by atoms with Gasteiger partial charge in [-0.3, -0.25) is 0 Å². The predicted octanol–water partition coefficient (Wildman–Crippen LogP) is 5.61. The van der Waals surface area contributed by atoms with Crippen LogP contribution in [0, 0.1) is 12.7 Å². The molecule has 20 heavy (non-hydrogen) atoms. The highest BCUT2D eigenvalue weighted by Crippen LogP contribution is 2.35. The second-order valence-corrected chi connectivity index (χ2v) is 6.19. The molecule has 102 valence electrons. The second kappa shape index (κ2) is 5.43. The Labute approximate surface area is 126 Å². The van der Waals surface area contributed by atoms with Crippen LogP contribution in [0.15, 0.2) is 42.5 Å². The SMILES string of the molecule is Cc1ccc(F)c(NCc2sc3ccccc3c2Cl)c1.